The Morgan fingerprint density at radius 3 is 3.00 bits per heavy atom. The summed E-state index contributed by atoms with van der Waals surface area (Å²) >= 11 is 0. The van der Waals surface area contributed by atoms with Gasteiger partial charge in [0.1, 0.15) is 5.75 Å². The second-order valence-electron chi connectivity index (χ2n) is 4.22. The van der Waals surface area contributed by atoms with Crippen molar-refractivity contribution >= 4 is 5.91 Å². The summed E-state index contributed by atoms with van der Waals surface area (Å²) in [4.78, 5) is 11.5. The van der Waals surface area contributed by atoms with E-state index < -0.39 is 0 Å². The maximum atomic E-state index is 11.5. The monoisotopic (exact) mass is 234 g/mol. The van der Waals surface area contributed by atoms with Gasteiger partial charge in [-0.05, 0) is 19.4 Å². The number of para-hydroxylation sites is 1. The lowest BCUT2D eigenvalue weighted by molar-refractivity contribution is -0.123. The van der Waals surface area contributed by atoms with Crippen molar-refractivity contribution in [3.8, 4) is 5.75 Å². The van der Waals surface area contributed by atoms with Crippen LogP contribution < -0.4 is 15.8 Å². The number of benzene rings is 1. The molecule has 1 amide bonds. The van der Waals surface area contributed by atoms with E-state index in [4.69, 9.17) is 10.5 Å². The van der Waals surface area contributed by atoms with Crippen LogP contribution in [-0.4, -0.2) is 18.6 Å². The molecule has 0 aliphatic carbocycles. The van der Waals surface area contributed by atoms with E-state index in [0.29, 0.717) is 13.0 Å². The number of nitrogens with two attached hydrogens (primary N) is 1. The van der Waals surface area contributed by atoms with E-state index in [1.807, 2.05) is 31.2 Å². The third kappa shape index (κ3) is 2.58. The fourth-order valence-corrected chi connectivity index (χ4v) is 2.15. The fraction of sp³-hybridized carbons (Fsp3) is 0.462. The topological polar surface area (TPSA) is 64.3 Å². The van der Waals surface area contributed by atoms with Crippen LogP contribution in [0.25, 0.3) is 0 Å². The number of rotatable bonds is 3. The van der Waals surface area contributed by atoms with Crippen LogP contribution in [0.2, 0.25) is 0 Å². The smallest absolute Gasteiger partial charge is 0.220 e. The molecule has 4 nitrogen and oxygen atoms in total. The van der Waals surface area contributed by atoms with Gasteiger partial charge in [0.25, 0.3) is 0 Å². The summed E-state index contributed by atoms with van der Waals surface area (Å²) in [7, 11) is 0. The van der Waals surface area contributed by atoms with Crippen molar-refractivity contribution < 1.29 is 9.53 Å². The molecule has 0 saturated carbocycles. The van der Waals surface area contributed by atoms with Gasteiger partial charge in [0.2, 0.25) is 5.91 Å². The number of piperidine rings is 1. The highest BCUT2D eigenvalue weighted by Crippen LogP contribution is 2.30. The largest absolute Gasteiger partial charge is 0.494 e. The first-order valence-corrected chi connectivity index (χ1v) is 5.99. The summed E-state index contributed by atoms with van der Waals surface area (Å²) in [5.41, 5.74) is 7.04. The quantitative estimate of drug-likeness (QED) is 0.830. The summed E-state index contributed by atoms with van der Waals surface area (Å²) in [6.45, 7) is 2.54. The van der Waals surface area contributed by atoms with Crippen molar-refractivity contribution in [3.63, 3.8) is 0 Å². The van der Waals surface area contributed by atoms with Crippen molar-refractivity contribution in [1.29, 1.82) is 0 Å². The highest BCUT2D eigenvalue weighted by molar-refractivity contribution is 5.77. The minimum atomic E-state index is -0.140. The molecule has 17 heavy (non-hydrogen) atoms. The standard InChI is InChI=1S/C13H18N2O2/c1-2-17-11-6-4-3-5-9(11)13-10(14)7-8-12(16)15-13/h3-6,10,13H,2,7-8,14H2,1H3,(H,15,16). The van der Waals surface area contributed by atoms with Crippen molar-refractivity contribution in [2.45, 2.75) is 31.8 Å². The SMILES string of the molecule is CCOc1ccccc1C1NC(=O)CCC1N. The molecule has 0 bridgehead atoms. The predicted octanol–water partition coefficient (Wildman–Crippen LogP) is 1.36. The number of nitrogens with one attached hydrogen (secondary N) is 1. The zero-order valence-electron chi connectivity index (χ0n) is 9.98. The summed E-state index contributed by atoms with van der Waals surface area (Å²) in [6, 6.07) is 7.54. The van der Waals surface area contributed by atoms with Crippen LogP contribution in [0.4, 0.5) is 0 Å². The first-order chi connectivity index (χ1) is 8.22. The highest BCUT2D eigenvalue weighted by Gasteiger charge is 2.28. The van der Waals surface area contributed by atoms with E-state index in [1.165, 1.54) is 0 Å². The number of ether oxygens (including phenoxy) is 1. The van der Waals surface area contributed by atoms with Gasteiger partial charge in [-0.3, -0.25) is 4.79 Å². The summed E-state index contributed by atoms with van der Waals surface area (Å²) in [5, 5.41) is 2.94. The van der Waals surface area contributed by atoms with Crippen LogP contribution in [0.5, 0.6) is 5.75 Å². The van der Waals surface area contributed by atoms with E-state index in [9.17, 15) is 4.79 Å². The fourth-order valence-electron chi connectivity index (χ4n) is 2.15. The molecular formula is C13H18N2O2. The molecule has 2 rings (SSSR count). The minimum absolute atomic E-state index is 0.0469. The Morgan fingerprint density at radius 2 is 2.24 bits per heavy atom. The third-order valence-corrected chi connectivity index (χ3v) is 3.00. The van der Waals surface area contributed by atoms with Crippen LogP contribution in [0.15, 0.2) is 24.3 Å². The number of hydrogen-bond acceptors (Lipinski definition) is 3. The second-order valence-corrected chi connectivity index (χ2v) is 4.22. The van der Waals surface area contributed by atoms with Crippen molar-refractivity contribution in [2.24, 2.45) is 5.73 Å². The molecule has 2 unspecified atom stereocenters. The van der Waals surface area contributed by atoms with E-state index in [0.717, 1.165) is 17.7 Å². The van der Waals surface area contributed by atoms with Gasteiger partial charge in [-0.1, -0.05) is 18.2 Å². The molecule has 1 aromatic carbocycles. The average Bonchev–Trinajstić information content (AvgIpc) is 2.34. The number of hydrogen-bond donors (Lipinski definition) is 2. The zero-order chi connectivity index (χ0) is 12.3. The molecule has 1 heterocycles. The van der Waals surface area contributed by atoms with Crippen LogP contribution >= 0.6 is 0 Å². The highest BCUT2D eigenvalue weighted by atomic mass is 16.5. The third-order valence-electron chi connectivity index (χ3n) is 3.00. The number of carbonyl (C=O) groups excluding carboxylic acids is 1. The first kappa shape index (κ1) is 11.9. The molecule has 3 N–H and O–H groups in total. The van der Waals surface area contributed by atoms with E-state index in [2.05, 4.69) is 5.32 Å². The molecule has 2 atom stereocenters. The van der Waals surface area contributed by atoms with Gasteiger partial charge in [0, 0.05) is 18.0 Å². The van der Waals surface area contributed by atoms with E-state index in [-0.39, 0.29) is 18.0 Å². The molecule has 0 aromatic heterocycles. The molecule has 0 radical (unpaired) electrons. The second kappa shape index (κ2) is 5.19. The maximum absolute atomic E-state index is 11.5. The number of carbonyl (C=O) groups is 1. The Labute approximate surface area is 101 Å². The molecule has 4 heteroatoms. The molecule has 1 aliphatic rings. The zero-order valence-corrected chi connectivity index (χ0v) is 9.98. The maximum Gasteiger partial charge on any atom is 0.220 e. The number of amides is 1. The van der Waals surface area contributed by atoms with Gasteiger partial charge in [0.15, 0.2) is 0 Å². The van der Waals surface area contributed by atoms with Crippen molar-refractivity contribution in [1.82, 2.24) is 5.32 Å². The van der Waals surface area contributed by atoms with Crippen LogP contribution in [0, 0.1) is 0 Å². The molecule has 0 spiro atoms. The van der Waals surface area contributed by atoms with Gasteiger partial charge >= 0.3 is 0 Å². The van der Waals surface area contributed by atoms with E-state index in [1.54, 1.807) is 0 Å². The van der Waals surface area contributed by atoms with Gasteiger partial charge in [-0.15, -0.1) is 0 Å². The lowest BCUT2D eigenvalue weighted by Gasteiger charge is -2.30. The van der Waals surface area contributed by atoms with Gasteiger partial charge in [-0.25, -0.2) is 0 Å². The van der Waals surface area contributed by atoms with Crippen LogP contribution in [-0.2, 0) is 4.79 Å². The Balaban J connectivity index is 2.28. The summed E-state index contributed by atoms with van der Waals surface area (Å²) in [6.07, 6.45) is 1.23. The molecule has 1 fully saturated rings. The van der Waals surface area contributed by atoms with Crippen LogP contribution in [0.3, 0.4) is 0 Å². The Kier molecular flexibility index (Phi) is 3.64. The first-order valence-electron chi connectivity index (χ1n) is 5.99. The normalized spacial score (nSPS) is 24.2. The summed E-state index contributed by atoms with van der Waals surface area (Å²) in [5.74, 6) is 0.862. The molecule has 1 aromatic rings. The van der Waals surface area contributed by atoms with Gasteiger partial charge in [0.05, 0.1) is 12.6 Å². The van der Waals surface area contributed by atoms with Gasteiger partial charge in [-0.2, -0.15) is 0 Å². The molecule has 92 valence electrons. The van der Waals surface area contributed by atoms with E-state index >= 15 is 0 Å². The average molecular weight is 234 g/mol. The van der Waals surface area contributed by atoms with Crippen molar-refractivity contribution in [2.75, 3.05) is 6.61 Å². The van der Waals surface area contributed by atoms with Crippen LogP contribution in [0.1, 0.15) is 31.4 Å². The predicted molar refractivity (Wildman–Crippen MR) is 65.7 cm³/mol. The van der Waals surface area contributed by atoms with Crippen molar-refractivity contribution in [3.05, 3.63) is 29.8 Å². The molecular weight excluding hydrogens is 216 g/mol. The van der Waals surface area contributed by atoms with Gasteiger partial charge < -0.3 is 15.8 Å². The minimum Gasteiger partial charge on any atom is -0.494 e. The molecule has 1 aliphatic heterocycles. The Bertz CT molecular complexity index is 406. The molecule has 1 saturated heterocycles. The lowest BCUT2D eigenvalue weighted by Crippen LogP contribution is -2.45. The summed E-state index contributed by atoms with van der Waals surface area (Å²) < 4.78 is 5.57. The lowest BCUT2D eigenvalue weighted by atomic mass is 9.92. The Morgan fingerprint density at radius 1 is 1.47 bits per heavy atom. The Hall–Kier alpha value is -1.55.